The van der Waals surface area contributed by atoms with Crippen LogP contribution in [0, 0.1) is 5.82 Å². The van der Waals surface area contributed by atoms with E-state index in [9.17, 15) is 9.50 Å². The Morgan fingerprint density at radius 1 is 1.40 bits per heavy atom. The van der Waals surface area contributed by atoms with Crippen molar-refractivity contribution >= 4 is 5.96 Å². The molecule has 1 aromatic carbocycles. The molecule has 0 radical (unpaired) electrons. The lowest BCUT2D eigenvalue weighted by Gasteiger charge is -2.20. The van der Waals surface area contributed by atoms with Crippen molar-refractivity contribution in [3.05, 3.63) is 53.6 Å². The minimum absolute atomic E-state index is 0.202. The molecule has 0 spiro atoms. The number of aromatic nitrogens is 2. The molecule has 25 heavy (non-hydrogen) atoms. The first-order valence-electron chi connectivity index (χ1n) is 8.39. The molecule has 0 bridgehead atoms. The molecule has 1 unspecified atom stereocenters. The molecule has 0 aliphatic heterocycles. The van der Waals surface area contributed by atoms with Crippen molar-refractivity contribution in [1.29, 1.82) is 0 Å². The summed E-state index contributed by atoms with van der Waals surface area (Å²) < 4.78 is 14.8. The van der Waals surface area contributed by atoms with Gasteiger partial charge < -0.3 is 15.7 Å². The summed E-state index contributed by atoms with van der Waals surface area (Å²) in [4.78, 5) is 4.45. The normalized spacial score (nSPS) is 14.2. The lowest BCUT2D eigenvalue weighted by atomic mass is 10.0. The van der Waals surface area contributed by atoms with Gasteiger partial charge in [0.15, 0.2) is 5.96 Å². The highest BCUT2D eigenvalue weighted by Crippen LogP contribution is 2.19. The predicted octanol–water partition coefficient (Wildman–Crippen LogP) is 1.56. The SMILES string of the molecule is CCNC(=NCC(C)(O)c1cnn(C)c1)NCCc1cccc(F)c1. The van der Waals surface area contributed by atoms with Crippen molar-refractivity contribution in [2.75, 3.05) is 19.6 Å². The van der Waals surface area contributed by atoms with E-state index < -0.39 is 5.60 Å². The molecule has 6 nitrogen and oxygen atoms in total. The standard InChI is InChI=1S/C18H26FN5O/c1-4-20-17(21-9-8-14-6-5-7-16(19)10-14)22-13-18(2,25)15-11-23-24(3)12-15/h5-7,10-12,25H,4,8-9,13H2,1-3H3,(H2,20,21,22). The summed E-state index contributed by atoms with van der Waals surface area (Å²) in [7, 11) is 1.81. The minimum atomic E-state index is -1.10. The summed E-state index contributed by atoms with van der Waals surface area (Å²) in [5.74, 6) is 0.383. The van der Waals surface area contributed by atoms with Crippen molar-refractivity contribution in [2.24, 2.45) is 12.0 Å². The van der Waals surface area contributed by atoms with Crippen LogP contribution in [0.4, 0.5) is 4.39 Å². The molecule has 0 fully saturated rings. The molecule has 7 heteroatoms. The van der Waals surface area contributed by atoms with Gasteiger partial charge in [0, 0.05) is 31.9 Å². The summed E-state index contributed by atoms with van der Waals surface area (Å²) in [6, 6.07) is 6.55. The first-order chi connectivity index (χ1) is 11.9. The molecular weight excluding hydrogens is 321 g/mol. The zero-order chi connectivity index (χ0) is 18.3. The predicted molar refractivity (Wildman–Crippen MR) is 96.9 cm³/mol. The monoisotopic (exact) mass is 347 g/mol. The molecule has 1 aromatic heterocycles. The van der Waals surface area contributed by atoms with Crippen molar-refractivity contribution < 1.29 is 9.50 Å². The van der Waals surface area contributed by atoms with Crippen LogP contribution in [0.15, 0.2) is 41.7 Å². The Bertz CT molecular complexity index is 711. The van der Waals surface area contributed by atoms with Gasteiger partial charge in [-0.3, -0.25) is 4.68 Å². The number of halogens is 1. The lowest BCUT2D eigenvalue weighted by Crippen LogP contribution is -2.39. The molecule has 0 saturated heterocycles. The minimum Gasteiger partial charge on any atom is -0.383 e. The second kappa shape index (κ2) is 8.62. The Labute approximate surface area is 147 Å². The summed E-state index contributed by atoms with van der Waals surface area (Å²) in [5.41, 5.74) is 0.541. The second-order valence-corrected chi connectivity index (χ2v) is 6.18. The topological polar surface area (TPSA) is 74.5 Å². The largest absolute Gasteiger partial charge is 0.383 e. The maximum atomic E-state index is 13.2. The van der Waals surface area contributed by atoms with Crippen LogP contribution >= 0.6 is 0 Å². The molecule has 2 aromatic rings. The van der Waals surface area contributed by atoms with Crippen LogP contribution < -0.4 is 10.6 Å². The zero-order valence-electron chi connectivity index (χ0n) is 15.0. The van der Waals surface area contributed by atoms with E-state index in [0.29, 0.717) is 31.0 Å². The highest BCUT2D eigenvalue weighted by Gasteiger charge is 2.24. The van der Waals surface area contributed by atoms with Crippen molar-refractivity contribution in [1.82, 2.24) is 20.4 Å². The van der Waals surface area contributed by atoms with Gasteiger partial charge in [-0.25, -0.2) is 9.38 Å². The van der Waals surface area contributed by atoms with Crippen LogP contribution in [-0.4, -0.2) is 40.5 Å². The van der Waals surface area contributed by atoms with Crippen molar-refractivity contribution in [3.8, 4) is 0 Å². The van der Waals surface area contributed by atoms with Crippen LogP contribution in [0.25, 0.3) is 0 Å². The molecule has 136 valence electrons. The van der Waals surface area contributed by atoms with E-state index in [2.05, 4.69) is 20.7 Å². The third-order valence-corrected chi connectivity index (χ3v) is 3.81. The first kappa shape index (κ1) is 18.9. The third-order valence-electron chi connectivity index (χ3n) is 3.81. The van der Waals surface area contributed by atoms with E-state index in [0.717, 1.165) is 5.56 Å². The Balaban J connectivity index is 1.93. The van der Waals surface area contributed by atoms with E-state index in [-0.39, 0.29) is 12.4 Å². The number of guanidine groups is 1. The molecule has 0 saturated carbocycles. The Hall–Kier alpha value is -2.41. The zero-order valence-corrected chi connectivity index (χ0v) is 15.0. The van der Waals surface area contributed by atoms with Crippen LogP contribution in [0.5, 0.6) is 0 Å². The average molecular weight is 347 g/mol. The fourth-order valence-electron chi connectivity index (χ4n) is 2.38. The number of hydrogen-bond acceptors (Lipinski definition) is 3. The van der Waals surface area contributed by atoms with E-state index in [4.69, 9.17) is 0 Å². The Kier molecular flexibility index (Phi) is 6.52. The number of benzene rings is 1. The number of aliphatic imine (C=N–C) groups is 1. The number of rotatable bonds is 7. The van der Waals surface area contributed by atoms with Crippen LogP contribution in [0.2, 0.25) is 0 Å². The molecule has 0 aliphatic rings. The highest BCUT2D eigenvalue weighted by atomic mass is 19.1. The van der Waals surface area contributed by atoms with E-state index in [1.165, 1.54) is 12.1 Å². The fourth-order valence-corrected chi connectivity index (χ4v) is 2.38. The van der Waals surface area contributed by atoms with Gasteiger partial charge in [-0.1, -0.05) is 12.1 Å². The summed E-state index contributed by atoms with van der Waals surface area (Å²) in [5, 5.41) is 21.0. The molecule has 0 aliphatic carbocycles. The summed E-state index contributed by atoms with van der Waals surface area (Å²) in [6.07, 6.45) is 4.10. The third kappa shape index (κ3) is 5.86. The van der Waals surface area contributed by atoms with Gasteiger partial charge in [0.1, 0.15) is 11.4 Å². The molecule has 3 N–H and O–H groups in total. The molecular formula is C18H26FN5O. The van der Waals surface area contributed by atoms with Crippen LogP contribution in [0.1, 0.15) is 25.0 Å². The van der Waals surface area contributed by atoms with Crippen molar-refractivity contribution in [2.45, 2.75) is 25.9 Å². The average Bonchev–Trinajstić information content (AvgIpc) is 3.00. The Morgan fingerprint density at radius 3 is 2.84 bits per heavy atom. The van der Waals surface area contributed by atoms with Gasteiger partial charge >= 0.3 is 0 Å². The van der Waals surface area contributed by atoms with Crippen LogP contribution in [0.3, 0.4) is 0 Å². The second-order valence-electron chi connectivity index (χ2n) is 6.18. The lowest BCUT2D eigenvalue weighted by molar-refractivity contribution is 0.0672. The van der Waals surface area contributed by atoms with E-state index in [1.807, 2.05) is 13.0 Å². The molecule has 1 atom stereocenters. The maximum Gasteiger partial charge on any atom is 0.191 e. The number of nitrogens with one attached hydrogen (secondary N) is 2. The van der Waals surface area contributed by atoms with Gasteiger partial charge in [-0.2, -0.15) is 5.10 Å². The van der Waals surface area contributed by atoms with Gasteiger partial charge in [0.2, 0.25) is 0 Å². The van der Waals surface area contributed by atoms with Gasteiger partial charge in [-0.15, -0.1) is 0 Å². The number of aliphatic hydroxyl groups is 1. The Morgan fingerprint density at radius 2 is 2.20 bits per heavy atom. The smallest absolute Gasteiger partial charge is 0.191 e. The molecule has 0 amide bonds. The number of nitrogens with zero attached hydrogens (tertiary/aromatic N) is 3. The van der Waals surface area contributed by atoms with Crippen molar-refractivity contribution in [3.63, 3.8) is 0 Å². The highest BCUT2D eigenvalue weighted by molar-refractivity contribution is 5.79. The fraction of sp³-hybridized carbons (Fsp3) is 0.444. The van der Waals surface area contributed by atoms with Crippen LogP contribution in [-0.2, 0) is 19.1 Å². The van der Waals surface area contributed by atoms with E-state index in [1.54, 1.807) is 37.1 Å². The maximum absolute atomic E-state index is 13.2. The quantitative estimate of drug-likeness (QED) is 0.525. The van der Waals surface area contributed by atoms with E-state index >= 15 is 0 Å². The summed E-state index contributed by atoms with van der Waals surface area (Å²) in [6.45, 7) is 5.21. The summed E-state index contributed by atoms with van der Waals surface area (Å²) >= 11 is 0. The first-order valence-corrected chi connectivity index (χ1v) is 8.39. The molecule has 1 heterocycles. The van der Waals surface area contributed by atoms with Gasteiger partial charge in [0.05, 0.1) is 12.7 Å². The number of aryl methyl sites for hydroxylation is 1. The number of hydrogen-bond donors (Lipinski definition) is 3. The van der Waals surface area contributed by atoms with Gasteiger partial charge in [-0.05, 0) is 38.0 Å². The molecule has 2 rings (SSSR count). The van der Waals surface area contributed by atoms with Gasteiger partial charge in [0.25, 0.3) is 0 Å².